The molecule has 0 bridgehead atoms. The molecule has 1 aliphatic heterocycles. The Kier molecular flexibility index (Phi) is 2.35. The number of carbonyl (C=O) groups is 1. The van der Waals surface area contributed by atoms with Gasteiger partial charge in [0.15, 0.2) is 0 Å². The normalized spacial score (nSPS) is 21.0. The lowest BCUT2D eigenvalue weighted by Crippen LogP contribution is -2.53. The number of hydrogen-bond donors (Lipinski definition) is 3. The average molecular weight is 194 g/mol. The fraction of sp³-hybridized carbons (Fsp3) is 0.800. The SMILES string of the molecule is CC(N1CCNC1=O)[Si](O)(O)F. The zero-order valence-corrected chi connectivity index (χ0v) is 7.62. The first-order valence-electron chi connectivity index (χ1n) is 3.61. The minimum absolute atomic E-state index is 0.319. The van der Waals surface area contributed by atoms with Crippen molar-refractivity contribution >= 4 is 14.9 Å². The van der Waals surface area contributed by atoms with Gasteiger partial charge in [-0.2, -0.15) is 0 Å². The summed E-state index contributed by atoms with van der Waals surface area (Å²) in [4.78, 5) is 29.3. The minimum atomic E-state index is -4.70. The summed E-state index contributed by atoms with van der Waals surface area (Å²) in [5, 5.41) is 2.44. The molecule has 12 heavy (non-hydrogen) atoms. The number of nitrogens with zero attached hydrogens (tertiary/aromatic N) is 1. The Labute approximate surface area is 70.2 Å². The molecule has 2 amide bonds. The highest BCUT2D eigenvalue weighted by atomic mass is 28.4. The minimum Gasteiger partial charge on any atom is -0.386 e. The van der Waals surface area contributed by atoms with Crippen molar-refractivity contribution in [2.45, 2.75) is 12.6 Å². The molecule has 70 valence electrons. The molecule has 0 radical (unpaired) electrons. The maximum absolute atomic E-state index is 12.6. The summed E-state index contributed by atoms with van der Waals surface area (Å²) in [5.41, 5.74) is -1.11. The molecule has 1 fully saturated rings. The van der Waals surface area contributed by atoms with Crippen LogP contribution in [-0.4, -0.2) is 48.2 Å². The van der Waals surface area contributed by atoms with Gasteiger partial charge in [0.05, 0.1) is 0 Å². The van der Waals surface area contributed by atoms with Gasteiger partial charge in [-0.1, -0.05) is 0 Å². The standard InChI is InChI=1S/C5H11FN2O3Si/c1-4(12(6,10)11)8-3-2-7-5(8)9/h4,10-11H,2-3H2,1H3,(H,7,9). The second kappa shape index (κ2) is 3.00. The van der Waals surface area contributed by atoms with E-state index in [0.717, 1.165) is 4.90 Å². The number of urea groups is 1. The highest BCUT2D eigenvalue weighted by Gasteiger charge is 2.45. The number of hydrogen-bond acceptors (Lipinski definition) is 3. The Hall–Kier alpha value is -0.663. The number of rotatable bonds is 2. The lowest BCUT2D eigenvalue weighted by molar-refractivity contribution is 0.184. The van der Waals surface area contributed by atoms with Gasteiger partial charge in [-0.25, -0.2) is 8.90 Å². The fourth-order valence-electron chi connectivity index (χ4n) is 1.05. The van der Waals surface area contributed by atoms with Crippen molar-refractivity contribution in [2.24, 2.45) is 0 Å². The van der Waals surface area contributed by atoms with E-state index in [4.69, 9.17) is 9.59 Å². The van der Waals surface area contributed by atoms with Crippen LogP contribution >= 0.6 is 0 Å². The molecule has 7 heteroatoms. The molecule has 0 spiro atoms. The topological polar surface area (TPSA) is 72.8 Å². The molecule has 1 saturated heterocycles. The van der Waals surface area contributed by atoms with Crippen LogP contribution in [0.2, 0.25) is 0 Å². The molecule has 1 rings (SSSR count). The molecule has 1 heterocycles. The summed E-state index contributed by atoms with van der Waals surface area (Å²) >= 11 is 0. The van der Waals surface area contributed by atoms with Crippen molar-refractivity contribution in [2.75, 3.05) is 13.1 Å². The zero-order valence-electron chi connectivity index (χ0n) is 6.62. The molecule has 5 nitrogen and oxygen atoms in total. The van der Waals surface area contributed by atoms with Crippen LogP contribution in [0.3, 0.4) is 0 Å². The van der Waals surface area contributed by atoms with Crippen molar-refractivity contribution in [3.8, 4) is 0 Å². The summed E-state index contributed by atoms with van der Waals surface area (Å²) in [7, 11) is -4.70. The number of nitrogens with one attached hydrogen (secondary N) is 1. The predicted molar refractivity (Wildman–Crippen MR) is 40.9 cm³/mol. The van der Waals surface area contributed by atoms with Gasteiger partial charge in [0, 0.05) is 13.1 Å². The molecule has 1 aliphatic rings. The van der Waals surface area contributed by atoms with E-state index in [1.54, 1.807) is 0 Å². The van der Waals surface area contributed by atoms with Gasteiger partial charge in [0.25, 0.3) is 0 Å². The second-order valence-corrected chi connectivity index (χ2v) is 4.85. The molecule has 0 aromatic carbocycles. The van der Waals surface area contributed by atoms with Crippen LogP contribution in [0, 0.1) is 0 Å². The molecule has 0 aliphatic carbocycles. The Morgan fingerprint density at radius 2 is 2.33 bits per heavy atom. The maximum Gasteiger partial charge on any atom is 0.557 e. The van der Waals surface area contributed by atoms with Gasteiger partial charge in [-0.05, 0) is 6.92 Å². The zero-order chi connectivity index (χ0) is 9.35. The van der Waals surface area contributed by atoms with Crippen LogP contribution in [0.4, 0.5) is 8.90 Å². The van der Waals surface area contributed by atoms with Crippen LogP contribution < -0.4 is 5.32 Å². The van der Waals surface area contributed by atoms with E-state index in [1.165, 1.54) is 6.92 Å². The van der Waals surface area contributed by atoms with Gasteiger partial charge < -0.3 is 19.8 Å². The van der Waals surface area contributed by atoms with Crippen molar-refractivity contribution in [1.29, 1.82) is 0 Å². The number of amides is 2. The summed E-state index contributed by atoms with van der Waals surface area (Å²) < 4.78 is 12.6. The first-order valence-corrected chi connectivity index (χ1v) is 5.46. The van der Waals surface area contributed by atoms with E-state index in [-0.39, 0.29) is 0 Å². The van der Waals surface area contributed by atoms with E-state index < -0.39 is 20.6 Å². The first-order chi connectivity index (χ1) is 5.43. The van der Waals surface area contributed by atoms with E-state index in [9.17, 15) is 8.90 Å². The molecule has 3 N–H and O–H groups in total. The molecular weight excluding hydrogens is 183 g/mol. The van der Waals surface area contributed by atoms with Gasteiger partial charge >= 0.3 is 14.9 Å². The third kappa shape index (κ3) is 1.74. The van der Waals surface area contributed by atoms with Crippen molar-refractivity contribution in [3.05, 3.63) is 0 Å². The van der Waals surface area contributed by atoms with Crippen LogP contribution in [0.25, 0.3) is 0 Å². The van der Waals surface area contributed by atoms with Crippen LogP contribution in [-0.2, 0) is 0 Å². The fourth-order valence-corrected chi connectivity index (χ4v) is 1.70. The predicted octanol–water partition coefficient (Wildman–Crippen LogP) is -1.17. The lowest BCUT2D eigenvalue weighted by atomic mass is 10.6. The van der Waals surface area contributed by atoms with E-state index in [2.05, 4.69) is 5.32 Å². The Balaban J connectivity index is 2.63. The van der Waals surface area contributed by atoms with Crippen molar-refractivity contribution in [3.63, 3.8) is 0 Å². The highest BCUT2D eigenvalue weighted by molar-refractivity contribution is 6.59. The summed E-state index contributed by atoms with van der Waals surface area (Å²) in [6.45, 7) is 2.03. The third-order valence-electron chi connectivity index (χ3n) is 1.89. The van der Waals surface area contributed by atoms with Crippen molar-refractivity contribution < 1.29 is 18.5 Å². The van der Waals surface area contributed by atoms with Gasteiger partial charge in [0.2, 0.25) is 0 Å². The van der Waals surface area contributed by atoms with Crippen LogP contribution in [0.15, 0.2) is 0 Å². The first kappa shape index (κ1) is 9.43. The number of halogens is 1. The van der Waals surface area contributed by atoms with E-state index in [1.807, 2.05) is 0 Å². The van der Waals surface area contributed by atoms with Gasteiger partial charge in [-0.15, -0.1) is 0 Å². The number of carbonyl (C=O) groups excluding carboxylic acids is 1. The molecule has 1 atom stereocenters. The molecule has 0 aromatic rings. The van der Waals surface area contributed by atoms with Gasteiger partial charge in [-0.3, -0.25) is 0 Å². The summed E-state index contributed by atoms with van der Waals surface area (Å²) in [6, 6.07) is -0.444. The van der Waals surface area contributed by atoms with Crippen LogP contribution in [0.1, 0.15) is 6.92 Å². The smallest absolute Gasteiger partial charge is 0.386 e. The maximum atomic E-state index is 12.6. The largest absolute Gasteiger partial charge is 0.557 e. The third-order valence-corrected chi connectivity index (χ3v) is 3.26. The molecule has 0 saturated carbocycles. The Bertz CT molecular complexity index is 196. The lowest BCUT2D eigenvalue weighted by Gasteiger charge is -2.25. The van der Waals surface area contributed by atoms with E-state index in [0.29, 0.717) is 13.1 Å². The summed E-state index contributed by atoms with van der Waals surface area (Å²) in [5.74, 6) is 0. The van der Waals surface area contributed by atoms with Crippen molar-refractivity contribution in [1.82, 2.24) is 10.2 Å². The van der Waals surface area contributed by atoms with Gasteiger partial charge in [0.1, 0.15) is 5.67 Å². The molecule has 0 aromatic heterocycles. The average Bonchev–Trinajstić information content (AvgIpc) is 2.31. The van der Waals surface area contributed by atoms with E-state index >= 15 is 0 Å². The quantitative estimate of drug-likeness (QED) is 0.383. The highest BCUT2D eigenvalue weighted by Crippen LogP contribution is 2.12. The molecule has 1 unspecified atom stereocenters. The Morgan fingerprint density at radius 1 is 1.75 bits per heavy atom. The molecular formula is C5H11FN2O3Si. The second-order valence-electron chi connectivity index (χ2n) is 2.74. The Morgan fingerprint density at radius 3 is 2.67 bits per heavy atom. The summed E-state index contributed by atoms with van der Waals surface area (Å²) in [6.07, 6.45) is 0. The van der Waals surface area contributed by atoms with Crippen LogP contribution in [0.5, 0.6) is 0 Å². The monoisotopic (exact) mass is 194 g/mol.